The van der Waals surface area contributed by atoms with Gasteiger partial charge >= 0.3 is 0 Å². The third-order valence-corrected chi connectivity index (χ3v) is 2.41. The molecule has 0 spiro atoms. The molecule has 2 aromatic carbocycles. The van der Waals surface area contributed by atoms with Gasteiger partial charge in [-0.3, -0.25) is 14.9 Å². The second kappa shape index (κ2) is 5.18. The third kappa shape index (κ3) is 2.86. The molecule has 96 valence electrons. The average Bonchev–Trinajstić information content (AvgIpc) is 2.41. The normalized spacial score (nSPS) is 9.89. The Kier molecular flexibility index (Phi) is 3.42. The molecule has 2 aromatic rings. The molecule has 0 aromatic heterocycles. The number of nitro groups is 1. The number of hydrogen-bond acceptors (Lipinski definition) is 5. The molecule has 2 rings (SSSR count). The minimum atomic E-state index is -0.505. The van der Waals surface area contributed by atoms with Crippen LogP contribution in [0, 0.1) is 10.1 Å². The van der Waals surface area contributed by atoms with Gasteiger partial charge in [-0.15, -0.1) is 0 Å². The van der Waals surface area contributed by atoms with E-state index in [4.69, 9.17) is 4.74 Å². The van der Waals surface area contributed by atoms with Gasteiger partial charge in [-0.2, -0.15) is 0 Å². The summed E-state index contributed by atoms with van der Waals surface area (Å²) in [6, 6.07) is 9.74. The van der Waals surface area contributed by atoms with Crippen LogP contribution >= 0.6 is 0 Å². The zero-order valence-electron chi connectivity index (χ0n) is 9.65. The largest absolute Gasteiger partial charge is 0.507 e. The van der Waals surface area contributed by atoms with E-state index in [-0.39, 0.29) is 17.0 Å². The number of benzene rings is 2. The molecule has 0 amide bonds. The maximum atomic E-state index is 10.7. The summed E-state index contributed by atoms with van der Waals surface area (Å²) in [5, 5.41) is 19.8. The first kappa shape index (κ1) is 12.6. The van der Waals surface area contributed by atoms with Crippen molar-refractivity contribution in [3.63, 3.8) is 0 Å². The second-order valence-corrected chi connectivity index (χ2v) is 3.69. The van der Waals surface area contributed by atoms with Gasteiger partial charge in [0.2, 0.25) is 0 Å². The van der Waals surface area contributed by atoms with E-state index in [0.29, 0.717) is 17.8 Å². The Labute approximate surface area is 108 Å². The molecule has 0 atom stereocenters. The van der Waals surface area contributed by atoms with Crippen molar-refractivity contribution in [2.75, 3.05) is 0 Å². The van der Waals surface area contributed by atoms with Gasteiger partial charge in [0.1, 0.15) is 17.2 Å². The predicted molar refractivity (Wildman–Crippen MR) is 66.7 cm³/mol. The zero-order valence-corrected chi connectivity index (χ0v) is 9.65. The first-order chi connectivity index (χ1) is 9.10. The van der Waals surface area contributed by atoms with E-state index in [1.165, 1.54) is 42.5 Å². The molecule has 0 bridgehead atoms. The summed E-state index contributed by atoms with van der Waals surface area (Å²) in [4.78, 5) is 20.6. The lowest BCUT2D eigenvalue weighted by atomic mass is 10.2. The lowest BCUT2D eigenvalue weighted by Gasteiger charge is -2.06. The maximum absolute atomic E-state index is 10.7. The molecular weight excluding hydrogens is 250 g/mol. The van der Waals surface area contributed by atoms with E-state index in [1.807, 2.05) is 0 Å². The smallest absolute Gasteiger partial charge is 0.269 e. The molecule has 0 heterocycles. The van der Waals surface area contributed by atoms with Crippen molar-refractivity contribution in [1.29, 1.82) is 0 Å². The summed E-state index contributed by atoms with van der Waals surface area (Å²) in [5.74, 6) is 0.618. The van der Waals surface area contributed by atoms with Crippen LogP contribution < -0.4 is 4.74 Å². The van der Waals surface area contributed by atoms with Gasteiger partial charge in [0.05, 0.1) is 10.5 Å². The van der Waals surface area contributed by atoms with E-state index >= 15 is 0 Å². The van der Waals surface area contributed by atoms with Gasteiger partial charge in [-0.25, -0.2) is 0 Å². The highest BCUT2D eigenvalue weighted by Crippen LogP contribution is 2.27. The summed E-state index contributed by atoms with van der Waals surface area (Å²) in [5.41, 5.74) is 0.0750. The summed E-state index contributed by atoms with van der Waals surface area (Å²) in [6.45, 7) is 0. The highest BCUT2D eigenvalue weighted by atomic mass is 16.6. The van der Waals surface area contributed by atoms with Crippen LogP contribution in [0.2, 0.25) is 0 Å². The van der Waals surface area contributed by atoms with Crippen LogP contribution in [0.15, 0.2) is 42.5 Å². The molecule has 6 heteroatoms. The third-order valence-electron chi connectivity index (χ3n) is 2.41. The van der Waals surface area contributed by atoms with E-state index in [2.05, 4.69) is 0 Å². The number of carbonyl (C=O) groups excluding carboxylic acids is 1. The number of nitrogens with zero attached hydrogens (tertiary/aromatic N) is 1. The highest BCUT2D eigenvalue weighted by Gasteiger charge is 2.06. The summed E-state index contributed by atoms with van der Waals surface area (Å²) < 4.78 is 5.42. The molecule has 0 aliphatic carbocycles. The van der Waals surface area contributed by atoms with E-state index in [1.54, 1.807) is 0 Å². The molecule has 0 radical (unpaired) electrons. The molecule has 0 unspecified atom stereocenters. The fourth-order valence-electron chi connectivity index (χ4n) is 1.46. The van der Waals surface area contributed by atoms with Crippen LogP contribution in [0.25, 0.3) is 0 Å². The first-order valence-electron chi connectivity index (χ1n) is 5.30. The van der Waals surface area contributed by atoms with Crippen molar-refractivity contribution in [3.05, 3.63) is 58.1 Å². The Morgan fingerprint density at radius 3 is 2.32 bits per heavy atom. The number of phenols is 1. The summed E-state index contributed by atoms with van der Waals surface area (Å²) >= 11 is 0. The molecule has 1 N–H and O–H groups in total. The van der Waals surface area contributed by atoms with E-state index < -0.39 is 4.92 Å². The molecule has 19 heavy (non-hydrogen) atoms. The van der Waals surface area contributed by atoms with Crippen LogP contribution in [0.1, 0.15) is 10.4 Å². The van der Waals surface area contributed by atoms with Crippen molar-refractivity contribution >= 4 is 12.0 Å². The number of phenolic OH excluding ortho intramolecular Hbond substituents is 1. The summed E-state index contributed by atoms with van der Waals surface area (Å²) in [6.07, 6.45) is 0.512. The van der Waals surface area contributed by atoms with Crippen LogP contribution in [-0.4, -0.2) is 16.3 Å². The number of non-ortho nitro benzene ring substituents is 1. The molecular formula is C13H9NO5. The Balaban J connectivity index is 2.21. The van der Waals surface area contributed by atoms with Crippen molar-refractivity contribution < 1.29 is 19.6 Å². The Bertz CT molecular complexity index is 621. The SMILES string of the molecule is O=Cc1cc(Oc2ccc([N+](=O)[O-])cc2)ccc1O. The van der Waals surface area contributed by atoms with Gasteiger partial charge in [0.25, 0.3) is 5.69 Å². The van der Waals surface area contributed by atoms with Gasteiger partial charge in [-0.1, -0.05) is 0 Å². The molecule has 0 saturated carbocycles. The maximum Gasteiger partial charge on any atom is 0.269 e. The monoisotopic (exact) mass is 259 g/mol. The van der Waals surface area contributed by atoms with Crippen LogP contribution in [0.4, 0.5) is 5.69 Å². The lowest BCUT2D eigenvalue weighted by molar-refractivity contribution is -0.384. The zero-order chi connectivity index (χ0) is 13.8. The van der Waals surface area contributed by atoms with E-state index in [0.717, 1.165) is 0 Å². The topological polar surface area (TPSA) is 89.7 Å². The van der Waals surface area contributed by atoms with E-state index in [9.17, 15) is 20.0 Å². The number of aromatic hydroxyl groups is 1. The van der Waals surface area contributed by atoms with Gasteiger partial charge in [0, 0.05) is 12.1 Å². The summed E-state index contributed by atoms with van der Waals surface area (Å²) in [7, 11) is 0. The van der Waals surface area contributed by atoms with Gasteiger partial charge < -0.3 is 9.84 Å². The molecule has 6 nitrogen and oxygen atoms in total. The molecule has 0 aliphatic heterocycles. The van der Waals surface area contributed by atoms with Crippen molar-refractivity contribution in [2.24, 2.45) is 0 Å². The second-order valence-electron chi connectivity index (χ2n) is 3.69. The van der Waals surface area contributed by atoms with Gasteiger partial charge in [-0.05, 0) is 30.3 Å². The number of aldehydes is 1. The number of carbonyl (C=O) groups is 1. The molecule has 0 fully saturated rings. The Morgan fingerprint density at radius 2 is 1.74 bits per heavy atom. The minimum Gasteiger partial charge on any atom is -0.507 e. The van der Waals surface area contributed by atoms with Crippen LogP contribution in [0.5, 0.6) is 17.2 Å². The molecule has 0 aliphatic rings. The first-order valence-corrected chi connectivity index (χ1v) is 5.30. The molecule has 0 saturated heterocycles. The van der Waals surface area contributed by atoms with Crippen LogP contribution in [0.3, 0.4) is 0 Å². The van der Waals surface area contributed by atoms with Crippen molar-refractivity contribution in [3.8, 4) is 17.2 Å². The quantitative estimate of drug-likeness (QED) is 0.518. The number of nitro benzene ring substituents is 1. The number of hydrogen-bond donors (Lipinski definition) is 1. The standard InChI is InChI=1S/C13H9NO5/c15-8-9-7-12(5-6-13(9)16)19-11-3-1-10(2-4-11)14(17)18/h1-8,16H. The Hall–Kier alpha value is -2.89. The Morgan fingerprint density at radius 1 is 1.11 bits per heavy atom. The number of rotatable bonds is 4. The average molecular weight is 259 g/mol. The van der Waals surface area contributed by atoms with Gasteiger partial charge in [0.15, 0.2) is 6.29 Å². The van der Waals surface area contributed by atoms with Crippen molar-refractivity contribution in [2.45, 2.75) is 0 Å². The fraction of sp³-hybridized carbons (Fsp3) is 0. The lowest BCUT2D eigenvalue weighted by Crippen LogP contribution is -1.89. The number of ether oxygens (including phenoxy) is 1. The van der Waals surface area contributed by atoms with Crippen molar-refractivity contribution in [1.82, 2.24) is 0 Å². The highest BCUT2D eigenvalue weighted by molar-refractivity contribution is 5.79. The predicted octanol–water partition coefficient (Wildman–Crippen LogP) is 2.91. The van der Waals surface area contributed by atoms with Crippen LogP contribution in [-0.2, 0) is 0 Å². The minimum absolute atomic E-state index is 0.0355. The fourth-order valence-corrected chi connectivity index (χ4v) is 1.46.